The fourth-order valence-corrected chi connectivity index (χ4v) is 0.713. The number of hydrogen-bond acceptors (Lipinski definition) is 4. The van der Waals surface area contributed by atoms with Crippen molar-refractivity contribution >= 4 is 0 Å². The van der Waals surface area contributed by atoms with Crippen molar-refractivity contribution in [2.45, 2.75) is 18.3 Å². The summed E-state index contributed by atoms with van der Waals surface area (Å²) in [6, 6.07) is 0. The molecule has 1 heterocycles. The Labute approximate surface area is 54.1 Å². The van der Waals surface area contributed by atoms with Gasteiger partial charge >= 0.3 is 0 Å². The lowest BCUT2D eigenvalue weighted by Gasteiger charge is -2.10. The Morgan fingerprint density at radius 1 is 1.67 bits per heavy atom. The van der Waals surface area contributed by atoms with Gasteiger partial charge in [0.2, 0.25) is 0 Å². The fourth-order valence-electron chi connectivity index (χ4n) is 0.713. The Bertz CT molecular complexity index is 120. The minimum Gasteiger partial charge on any atom is -0.394 e. The largest absolute Gasteiger partial charge is 0.394 e. The van der Waals surface area contributed by atoms with Crippen LogP contribution >= 0.6 is 0 Å². The third-order valence-electron chi connectivity index (χ3n) is 1.30. The Kier molecular flexibility index (Phi) is 1.63. The second-order valence-electron chi connectivity index (χ2n) is 1.97. The van der Waals surface area contributed by atoms with E-state index in [1.165, 1.54) is 0 Å². The van der Waals surface area contributed by atoms with Crippen molar-refractivity contribution < 1.29 is 21.4 Å². The van der Waals surface area contributed by atoms with Gasteiger partial charge in [-0.15, -0.1) is 0 Å². The van der Waals surface area contributed by atoms with E-state index in [-0.39, 0.29) is 6.61 Å². The Balaban J connectivity index is 2.53. The van der Waals surface area contributed by atoms with Crippen molar-refractivity contribution in [3.8, 4) is 0 Å². The molecule has 54 valence electrons. The molecule has 1 unspecified atom stereocenters. The normalized spacial score (nSPS) is 53.4. The van der Waals surface area contributed by atoms with E-state index >= 15 is 0 Å². The third-order valence-corrected chi connectivity index (χ3v) is 1.30. The van der Waals surface area contributed by atoms with Crippen molar-refractivity contribution in [1.82, 2.24) is 0 Å². The summed E-state index contributed by atoms with van der Waals surface area (Å²) in [6.45, 7) is -1.50. The smallest absolute Gasteiger partial charge is 0.110 e. The molecule has 0 spiro atoms. The van der Waals surface area contributed by atoms with Gasteiger partial charge in [0.15, 0.2) is 0 Å². The van der Waals surface area contributed by atoms with Gasteiger partial charge in [0.25, 0.3) is 0 Å². The maximum atomic E-state index is 8.97. The number of aliphatic hydroxyl groups is 3. The first-order valence-corrected chi connectivity index (χ1v) is 2.71. The van der Waals surface area contributed by atoms with Gasteiger partial charge in [-0.3, -0.25) is 0 Å². The van der Waals surface area contributed by atoms with Crippen LogP contribution in [0.25, 0.3) is 0 Å². The van der Waals surface area contributed by atoms with Crippen LogP contribution in [0.3, 0.4) is 0 Å². The zero-order valence-electron chi connectivity index (χ0n) is 5.77. The van der Waals surface area contributed by atoms with Crippen LogP contribution in [0.15, 0.2) is 0 Å². The SMILES string of the molecule is [2H]C1O[C@H](CO)[C@@H](O)[C@@H]1O. The molecule has 0 saturated carbocycles. The first kappa shape index (κ1) is 5.61. The van der Waals surface area contributed by atoms with Crippen molar-refractivity contribution in [2.24, 2.45) is 0 Å². The van der Waals surface area contributed by atoms with E-state index in [1.54, 1.807) is 0 Å². The van der Waals surface area contributed by atoms with Gasteiger partial charge in [0, 0.05) is 0 Å². The Morgan fingerprint density at radius 3 is 2.56 bits per heavy atom. The fraction of sp³-hybridized carbons (Fsp3) is 1.00. The maximum Gasteiger partial charge on any atom is 0.110 e. The quantitative estimate of drug-likeness (QED) is 0.393. The second kappa shape index (κ2) is 2.62. The van der Waals surface area contributed by atoms with E-state index in [0.717, 1.165) is 0 Å². The van der Waals surface area contributed by atoms with E-state index < -0.39 is 24.9 Å². The zero-order chi connectivity index (χ0) is 7.72. The van der Waals surface area contributed by atoms with E-state index in [4.69, 9.17) is 16.7 Å². The summed E-state index contributed by atoms with van der Waals surface area (Å²) in [5.74, 6) is 0. The van der Waals surface area contributed by atoms with E-state index in [9.17, 15) is 0 Å². The molecule has 0 radical (unpaired) electrons. The molecule has 1 aliphatic heterocycles. The number of rotatable bonds is 1. The average Bonchev–Trinajstić information content (AvgIpc) is 2.17. The predicted molar refractivity (Wildman–Crippen MR) is 28.8 cm³/mol. The highest BCUT2D eigenvalue weighted by atomic mass is 16.5. The van der Waals surface area contributed by atoms with Crippen LogP contribution < -0.4 is 0 Å². The highest BCUT2D eigenvalue weighted by Crippen LogP contribution is 2.12. The molecule has 9 heavy (non-hydrogen) atoms. The summed E-state index contributed by atoms with van der Waals surface area (Å²) >= 11 is 0. The highest BCUT2D eigenvalue weighted by Gasteiger charge is 2.33. The van der Waals surface area contributed by atoms with Crippen LogP contribution in [0.2, 0.25) is 0 Å². The summed E-state index contributed by atoms with van der Waals surface area (Å²) < 4.78 is 11.6. The van der Waals surface area contributed by atoms with Crippen molar-refractivity contribution in [3.63, 3.8) is 0 Å². The summed E-state index contributed by atoms with van der Waals surface area (Å²) in [4.78, 5) is 0. The van der Waals surface area contributed by atoms with E-state index in [2.05, 4.69) is 4.74 Å². The van der Waals surface area contributed by atoms with Crippen molar-refractivity contribution in [3.05, 3.63) is 0 Å². The van der Waals surface area contributed by atoms with Gasteiger partial charge in [0.05, 0.1) is 14.6 Å². The summed E-state index contributed by atoms with van der Waals surface area (Å²) in [5.41, 5.74) is 0. The van der Waals surface area contributed by atoms with Crippen LogP contribution in [0.5, 0.6) is 0 Å². The molecule has 0 aromatic heterocycles. The lowest BCUT2D eigenvalue weighted by atomic mass is 10.2. The molecule has 4 nitrogen and oxygen atoms in total. The molecule has 0 amide bonds. The van der Waals surface area contributed by atoms with Crippen LogP contribution in [0.4, 0.5) is 0 Å². The average molecular weight is 135 g/mol. The summed E-state index contributed by atoms with van der Waals surface area (Å²) in [5, 5.41) is 26.4. The standard InChI is InChI=1S/C5H10O4/c6-1-4-5(8)3(7)2-9-4/h3-8H,1-2H2/t3-,4-,5+/m1/s1/i2D/t2?,3-,4-,5+. The van der Waals surface area contributed by atoms with Gasteiger partial charge in [-0.05, 0) is 0 Å². The van der Waals surface area contributed by atoms with Gasteiger partial charge in [-0.25, -0.2) is 0 Å². The Morgan fingerprint density at radius 2 is 2.33 bits per heavy atom. The van der Waals surface area contributed by atoms with Gasteiger partial charge in [-0.2, -0.15) is 0 Å². The molecule has 0 aliphatic carbocycles. The second-order valence-corrected chi connectivity index (χ2v) is 1.97. The summed E-state index contributed by atoms with van der Waals surface area (Å²) in [6.07, 6.45) is -3.14. The first-order chi connectivity index (χ1) is 4.66. The molecule has 0 aromatic carbocycles. The third kappa shape index (κ3) is 1.21. The lowest BCUT2D eigenvalue weighted by molar-refractivity contribution is -0.00588. The molecule has 4 heteroatoms. The first-order valence-electron chi connectivity index (χ1n) is 3.29. The molecule has 1 saturated heterocycles. The minimum absolute atomic E-state index is 0.367. The van der Waals surface area contributed by atoms with Crippen LogP contribution in [0.1, 0.15) is 1.37 Å². The molecule has 1 rings (SSSR count). The lowest BCUT2D eigenvalue weighted by Crippen LogP contribution is -2.31. The van der Waals surface area contributed by atoms with Gasteiger partial charge in [-0.1, -0.05) is 0 Å². The van der Waals surface area contributed by atoms with Gasteiger partial charge < -0.3 is 20.1 Å². The minimum atomic E-state index is -1.20. The number of ether oxygens (including phenoxy) is 1. The highest BCUT2D eigenvalue weighted by molar-refractivity contribution is 4.81. The molecular weight excluding hydrogens is 124 g/mol. The van der Waals surface area contributed by atoms with Crippen molar-refractivity contribution in [2.75, 3.05) is 13.2 Å². The molecule has 4 atom stereocenters. The van der Waals surface area contributed by atoms with Crippen LogP contribution in [-0.4, -0.2) is 46.8 Å². The number of aliphatic hydroxyl groups excluding tert-OH is 3. The molecule has 1 aliphatic rings. The predicted octanol–water partition coefficient (Wildman–Crippen LogP) is -1.90. The zero-order valence-corrected chi connectivity index (χ0v) is 4.77. The van der Waals surface area contributed by atoms with E-state index in [1.807, 2.05) is 0 Å². The van der Waals surface area contributed by atoms with Crippen LogP contribution in [0, 0.1) is 0 Å². The molecule has 0 aromatic rings. The molecular formula is C5H10O4. The van der Waals surface area contributed by atoms with Crippen molar-refractivity contribution in [1.29, 1.82) is 0 Å². The maximum absolute atomic E-state index is 8.97. The monoisotopic (exact) mass is 135 g/mol. The molecule has 3 N–H and O–H groups in total. The topological polar surface area (TPSA) is 69.9 Å². The molecule has 1 fully saturated rings. The van der Waals surface area contributed by atoms with Gasteiger partial charge in [0.1, 0.15) is 18.3 Å². The number of hydrogen-bond donors (Lipinski definition) is 3. The van der Waals surface area contributed by atoms with Crippen LogP contribution in [-0.2, 0) is 4.74 Å². The summed E-state index contributed by atoms with van der Waals surface area (Å²) in [7, 11) is 0. The Hall–Kier alpha value is -0.160. The molecule has 0 bridgehead atoms. The van der Waals surface area contributed by atoms with E-state index in [0.29, 0.717) is 0 Å².